The number of halogens is 1. The van der Waals surface area contributed by atoms with E-state index >= 15 is 0 Å². The molecule has 3 aromatic carbocycles. The summed E-state index contributed by atoms with van der Waals surface area (Å²) in [6.07, 6.45) is 4.89. The van der Waals surface area contributed by atoms with Crippen molar-refractivity contribution in [2.75, 3.05) is 13.7 Å². The second-order valence-electron chi connectivity index (χ2n) is 5.43. The van der Waals surface area contributed by atoms with Gasteiger partial charge in [-0.05, 0) is 42.5 Å². The molecule has 5 N–H and O–H groups in total. The Balaban J connectivity index is -0.000000235. The van der Waals surface area contributed by atoms with Crippen molar-refractivity contribution < 1.29 is 15.0 Å². The first-order valence-electron chi connectivity index (χ1n) is 11.2. The Morgan fingerprint density at radius 2 is 1.29 bits per heavy atom. The van der Waals surface area contributed by atoms with Crippen LogP contribution in [0.5, 0.6) is 5.75 Å². The number of para-hydroxylation sites is 1. The highest BCUT2D eigenvalue weighted by Gasteiger charge is 2.03. The summed E-state index contributed by atoms with van der Waals surface area (Å²) in [7, 11) is 1.00. The number of phenols is 1. The second kappa shape index (κ2) is 32.9. The van der Waals surface area contributed by atoms with Gasteiger partial charge in [0, 0.05) is 24.2 Å². The first kappa shape index (κ1) is 39.0. The zero-order valence-corrected chi connectivity index (χ0v) is 22.5. The minimum absolute atomic E-state index is 0.322. The standard InChI is InChI=1S/C16H16ClN.C6H6O.2C2H6.CH3N.CH4O.CH2O/c17-16-12-13(6-4-5-11-18)9-10-15(16)14-7-2-1-3-8-14;7-6-4-2-1-3-5-6;5*1-2/h1-5,7-10,12H,6,11,18H2;1-5,7H;2*1-2H3;2H,1H2;2H,1H3;1H2/b5-4-;;;;;;. The molecule has 0 radical (unpaired) electrons. The van der Waals surface area contributed by atoms with Crippen molar-refractivity contribution in [1.82, 2.24) is 0 Å². The highest BCUT2D eigenvalue weighted by molar-refractivity contribution is 6.33. The molecule has 0 amide bonds. The first-order valence-corrected chi connectivity index (χ1v) is 11.6. The highest BCUT2D eigenvalue weighted by atomic mass is 35.5. The van der Waals surface area contributed by atoms with E-state index in [1.165, 1.54) is 5.56 Å². The predicted molar refractivity (Wildman–Crippen MR) is 155 cm³/mol. The van der Waals surface area contributed by atoms with Gasteiger partial charge in [-0.1, -0.05) is 112 Å². The molecule has 35 heavy (non-hydrogen) atoms. The number of hydrogen-bond donors (Lipinski definition) is 4. The van der Waals surface area contributed by atoms with Crippen LogP contribution in [0.1, 0.15) is 33.3 Å². The third-order valence-corrected chi connectivity index (χ3v) is 3.84. The number of carbonyl (C=O) groups is 1. The number of nitrogens with one attached hydrogen (secondary N) is 1. The number of hydrogen-bond acceptors (Lipinski definition) is 5. The summed E-state index contributed by atoms with van der Waals surface area (Å²) in [5, 5.41) is 21.9. The molecule has 0 unspecified atom stereocenters. The minimum Gasteiger partial charge on any atom is -0.508 e. The summed E-state index contributed by atoms with van der Waals surface area (Å²) >= 11 is 6.33. The zero-order valence-electron chi connectivity index (χ0n) is 21.7. The van der Waals surface area contributed by atoms with Crippen molar-refractivity contribution in [2.24, 2.45) is 5.73 Å². The van der Waals surface area contributed by atoms with Gasteiger partial charge in [-0.3, -0.25) is 0 Å². The van der Waals surface area contributed by atoms with Gasteiger partial charge in [0.25, 0.3) is 0 Å². The molecule has 0 atom stereocenters. The van der Waals surface area contributed by atoms with E-state index < -0.39 is 0 Å². The summed E-state index contributed by atoms with van der Waals surface area (Å²) in [4.78, 5) is 8.00. The van der Waals surface area contributed by atoms with Gasteiger partial charge in [-0.2, -0.15) is 0 Å². The molecule has 0 spiro atoms. The fourth-order valence-electron chi connectivity index (χ4n) is 2.28. The largest absolute Gasteiger partial charge is 0.508 e. The molecule has 0 saturated carbocycles. The molecule has 6 heteroatoms. The fourth-order valence-corrected chi connectivity index (χ4v) is 2.59. The van der Waals surface area contributed by atoms with Crippen LogP contribution in [0.4, 0.5) is 0 Å². The van der Waals surface area contributed by atoms with Crippen molar-refractivity contribution in [3.63, 3.8) is 0 Å². The van der Waals surface area contributed by atoms with Crippen LogP contribution in [0.2, 0.25) is 5.02 Å². The summed E-state index contributed by atoms with van der Waals surface area (Å²) in [6, 6.07) is 25.1. The molecule has 0 aliphatic rings. The molecule has 0 bridgehead atoms. The van der Waals surface area contributed by atoms with Crippen molar-refractivity contribution in [2.45, 2.75) is 34.1 Å². The number of aliphatic hydroxyl groups is 1. The smallest absolute Gasteiger partial charge is 0.115 e. The van der Waals surface area contributed by atoms with Gasteiger partial charge in [-0.15, -0.1) is 0 Å². The van der Waals surface area contributed by atoms with Crippen LogP contribution in [-0.2, 0) is 11.2 Å². The molecule has 3 aromatic rings. The number of phenolic OH excluding ortho intramolecular Hbond substituents is 1. The maximum absolute atomic E-state index is 8.63. The molecule has 0 aliphatic heterocycles. The Labute approximate surface area is 217 Å². The Hall–Kier alpha value is -3.25. The highest BCUT2D eigenvalue weighted by Crippen LogP contribution is 2.28. The maximum Gasteiger partial charge on any atom is 0.115 e. The van der Waals surface area contributed by atoms with Gasteiger partial charge in [0.1, 0.15) is 12.5 Å². The quantitative estimate of drug-likeness (QED) is 0.223. The van der Waals surface area contributed by atoms with Gasteiger partial charge in [0.05, 0.1) is 0 Å². The van der Waals surface area contributed by atoms with E-state index in [-0.39, 0.29) is 0 Å². The lowest BCUT2D eigenvalue weighted by molar-refractivity contribution is -0.0980. The van der Waals surface area contributed by atoms with E-state index in [2.05, 4.69) is 37.1 Å². The molecule has 0 aliphatic carbocycles. The minimum atomic E-state index is 0.322. The third-order valence-electron chi connectivity index (χ3n) is 3.53. The maximum atomic E-state index is 8.63. The number of aliphatic hydroxyl groups excluding tert-OH is 1. The number of carbonyl (C=O) groups excluding carboxylic acids is 1. The van der Waals surface area contributed by atoms with Crippen molar-refractivity contribution >= 4 is 25.1 Å². The van der Waals surface area contributed by atoms with E-state index in [9.17, 15) is 0 Å². The SMILES string of the molecule is C=N.C=O.CC.CC.CO.NC/C=C\Cc1ccc(-c2ccccc2)c(Cl)c1.Oc1ccccc1. The van der Waals surface area contributed by atoms with E-state index in [0.717, 1.165) is 29.7 Å². The van der Waals surface area contributed by atoms with E-state index in [0.29, 0.717) is 12.3 Å². The normalized spacial score (nSPS) is 8.11. The summed E-state index contributed by atoms with van der Waals surface area (Å²) in [5.41, 5.74) is 8.83. The average Bonchev–Trinajstić information content (AvgIpc) is 2.96. The summed E-state index contributed by atoms with van der Waals surface area (Å²) in [6.45, 7) is 13.1. The van der Waals surface area contributed by atoms with Crippen molar-refractivity contribution in [3.8, 4) is 16.9 Å². The Morgan fingerprint density at radius 1 is 0.829 bits per heavy atom. The first-order chi connectivity index (χ1) is 17.2. The molecule has 0 saturated heterocycles. The average molecular weight is 503 g/mol. The van der Waals surface area contributed by atoms with Gasteiger partial charge in [0.2, 0.25) is 0 Å². The number of nitrogens with two attached hydrogens (primary N) is 1. The molecule has 0 aromatic heterocycles. The molecular formula is C29H43ClN2O3. The Morgan fingerprint density at radius 3 is 1.66 bits per heavy atom. The summed E-state index contributed by atoms with van der Waals surface area (Å²) < 4.78 is 0. The molecule has 194 valence electrons. The lowest BCUT2D eigenvalue weighted by Crippen LogP contribution is -1.93. The van der Waals surface area contributed by atoms with E-state index in [4.69, 9.17) is 37.8 Å². The van der Waals surface area contributed by atoms with Gasteiger partial charge in [-0.25, -0.2) is 0 Å². The third kappa shape index (κ3) is 21.0. The van der Waals surface area contributed by atoms with Crippen LogP contribution in [0.3, 0.4) is 0 Å². The number of benzene rings is 3. The van der Waals surface area contributed by atoms with Gasteiger partial charge < -0.3 is 26.2 Å². The van der Waals surface area contributed by atoms with Crippen LogP contribution in [0, 0.1) is 5.41 Å². The van der Waals surface area contributed by atoms with Crippen molar-refractivity contribution in [3.05, 3.63) is 102 Å². The number of aromatic hydroxyl groups is 1. The van der Waals surface area contributed by atoms with Crippen molar-refractivity contribution in [1.29, 1.82) is 5.41 Å². The van der Waals surface area contributed by atoms with Crippen LogP contribution >= 0.6 is 11.6 Å². The molecular weight excluding hydrogens is 460 g/mol. The van der Waals surface area contributed by atoms with Crippen LogP contribution < -0.4 is 5.73 Å². The lowest BCUT2D eigenvalue weighted by Gasteiger charge is -2.06. The lowest BCUT2D eigenvalue weighted by atomic mass is 10.0. The molecule has 0 fully saturated rings. The zero-order chi connectivity index (χ0) is 27.9. The molecule has 3 rings (SSSR count). The van der Waals surface area contributed by atoms with E-state index in [1.54, 1.807) is 24.3 Å². The molecule has 0 heterocycles. The van der Waals surface area contributed by atoms with Crippen LogP contribution in [0.25, 0.3) is 11.1 Å². The molecule has 5 nitrogen and oxygen atoms in total. The second-order valence-corrected chi connectivity index (χ2v) is 5.83. The number of rotatable bonds is 4. The van der Waals surface area contributed by atoms with Gasteiger partial charge >= 0.3 is 0 Å². The topological polar surface area (TPSA) is 107 Å². The van der Waals surface area contributed by atoms with Crippen LogP contribution in [-0.4, -0.2) is 37.4 Å². The monoisotopic (exact) mass is 502 g/mol. The Bertz CT molecular complexity index is 828. The number of allylic oxidation sites excluding steroid dienone is 1. The van der Waals surface area contributed by atoms with E-state index in [1.807, 2.05) is 70.9 Å². The predicted octanol–water partition coefficient (Wildman–Crippen LogP) is 7.20. The van der Waals surface area contributed by atoms with Gasteiger partial charge in [0.15, 0.2) is 0 Å². The Kier molecular flexibility index (Phi) is 36.7. The summed E-state index contributed by atoms with van der Waals surface area (Å²) in [5.74, 6) is 0.322. The fraction of sp³-hybridized carbons (Fsp3) is 0.241. The van der Waals surface area contributed by atoms with Crippen LogP contribution in [0.15, 0.2) is 91.0 Å².